The molecule has 16 nitrogen and oxygen atoms in total. The molecule has 0 fully saturated rings. The van der Waals surface area contributed by atoms with Crippen molar-refractivity contribution in [2.75, 3.05) is 28.4 Å². The number of phenolic OH excluding ortho intramolecular Hbond substituents is 4. The predicted molar refractivity (Wildman–Crippen MR) is 216 cm³/mol. The van der Waals surface area contributed by atoms with E-state index in [4.69, 9.17) is 29.2 Å². The highest BCUT2D eigenvalue weighted by molar-refractivity contribution is 5.72. The first-order valence-electron chi connectivity index (χ1n) is 18.8. The van der Waals surface area contributed by atoms with Gasteiger partial charge in [0.2, 0.25) is 0 Å². The molecule has 4 aromatic rings. The summed E-state index contributed by atoms with van der Waals surface area (Å²) >= 11 is 0. The lowest BCUT2D eigenvalue weighted by Crippen LogP contribution is -2.28. The summed E-state index contributed by atoms with van der Waals surface area (Å²) in [7, 11) is 5.69. The Morgan fingerprint density at radius 1 is 0.433 bits per heavy atom. The summed E-state index contributed by atoms with van der Waals surface area (Å²) in [6.07, 6.45) is 0.712. The molecule has 4 atom stereocenters. The molecule has 0 unspecified atom stereocenters. The summed E-state index contributed by atoms with van der Waals surface area (Å²) in [5, 5.41) is 77.9. The van der Waals surface area contributed by atoms with Crippen LogP contribution in [0.3, 0.4) is 0 Å². The molecule has 60 heavy (non-hydrogen) atoms. The number of hydrogen-bond donors (Lipinski definition) is 8. The zero-order valence-electron chi connectivity index (χ0n) is 33.7. The van der Waals surface area contributed by atoms with Crippen molar-refractivity contribution in [2.45, 2.75) is 51.4 Å². The van der Waals surface area contributed by atoms with Gasteiger partial charge in [-0.15, -0.1) is 0 Å². The fourth-order valence-electron chi connectivity index (χ4n) is 6.98. The van der Waals surface area contributed by atoms with Gasteiger partial charge in [-0.05, 0) is 121 Å². The number of aromatic hydroxyl groups is 4. The minimum absolute atomic E-state index is 0.0704. The van der Waals surface area contributed by atoms with Gasteiger partial charge in [0.05, 0.1) is 40.3 Å². The van der Waals surface area contributed by atoms with Crippen LogP contribution in [-0.2, 0) is 44.9 Å². The Morgan fingerprint density at radius 3 is 0.883 bits per heavy atom. The van der Waals surface area contributed by atoms with Crippen molar-refractivity contribution < 1.29 is 79.0 Å². The van der Waals surface area contributed by atoms with Crippen molar-refractivity contribution in [1.82, 2.24) is 0 Å². The zero-order valence-corrected chi connectivity index (χ0v) is 33.7. The number of ether oxygens (including phenoxy) is 4. The lowest BCUT2D eigenvalue weighted by Gasteiger charge is -2.24. The average molecular weight is 837 g/mol. The molecule has 0 amide bonds. The highest BCUT2D eigenvalue weighted by Crippen LogP contribution is 2.35. The van der Waals surface area contributed by atoms with E-state index in [0.29, 0.717) is 33.8 Å². The van der Waals surface area contributed by atoms with Crippen LogP contribution >= 0.6 is 0 Å². The van der Waals surface area contributed by atoms with Crippen LogP contribution in [0.1, 0.15) is 47.9 Å². The summed E-state index contributed by atoms with van der Waals surface area (Å²) in [6.45, 7) is 0. The maximum atomic E-state index is 12.1. The van der Waals surface area contributed by atoms with Gasteiger partial charge in [-0.2, -0.15) is 0 Å². The normalized spacial score (nSPS) is 12.7. The van der Waals surface area contributed by atoms with Gasteiger partial charge in [-0.3, -0.25) is 19.2 Å². The minimum atomic E-state index is -1.06. The fourth-order valence-corrected chi connectivity index (χ4v) is 6.98. The van der Waals surface area contributed by atoms with Crippen molar-refractivity contribution in [3.63, 3.8) is 0 Å². The number of carboxylic acid groups (broad SMARTS) is 4. The third kappa shape index (κ3) is 14.2. The summed E-state index contributed by atoms with van der Waals surface area (Å²) in [6, 6.07) is 18.9. The van der Waals surface area contributed by atoms with Crippen LogP contribution in [0.15, 0.2) is 72.8 Å². The molecule has 16 heteroatoms. The van der Waals surface area contributed by atoms with Crippen LogP contribution in [0, 0.1) is 23.7 Å². The second-order valence-corrected chi connectivity index (χ2v) is 14.1. The second kappa shape index (κ2) is 22.9. The first kappa shape index (κ1) is 47.5. The Bertz CT molecular complexity index is 1930. The molecular weight excluding hydrogens is 784 g/mol. The zero-order chi connectivity index (χ0) is 44.5. The lowest BCUT2D eigenvalue weighted by molar-refractivity contribution is -0.145. The van der Waals surface area contributed by atoms with E-state index in [9.17, 15) is 49.8 Å². The molecule has 0 aromatic heterocycles. The number of phenols is 4. The molecule has 0 heterocycles. The number of methoxy groups -OCH3 is 4. The SMILES string of the molecule is COc1ccc(C[C@@H](CCC(=O)O)[C@@H](Cc2ccc(OC)c(O)c2)C(=O)O)cc1O.COc1ccc(C[C@H](CCC(=O)O)[C@H](Cc2ccc(OC)c(O)c2)C(=O)O)cc1O. The monoisotopic (exact) mass is 836 g/mol. The van der Waals surface area contributed by atoms with E-state index in [1.165, 1.54) is 52.7 Å². The second-order valence-electron chi connectivity index (χ2n) is 14.1. The van der Waals surface area contributed by atoms with E-state index in [1.54, 1.807) is 48.5 Å². The maximum absolute atomic E-state index is 12.1. The largest absolute Gasteiger partial charge is 0.504 e. The Balaban J connectivity index is 0.000000320. The van der Waals surface area contributed by atoms with Gasteiger partial charge in [0.1, 0.15) is 0 Å². The Hall–Kier alpha value is -6.84. The summed E-state index contributed by atoms with van der Waals surface area (Å²) in [5.41, 5.74) is 2.54. The highest BCUT2D eigenvalue weighted by atomic mass is 16.5. The molecule has 324 valence electrons. The molecule has 0 aliphatic rings. The van der Waals surface area contributed by atoms with Gasteiger partial charge in [0.15, 0.2) is 46.0 Å². The van der Waals surface area contributed by atoms with Gasteiger partial charge < -0.3 is 59.8 Å². The van der Waals surface area contributed by atoms with Crippen LogP contribution in [0.2, 0.25) is 0 Å². The van der Waals surface area contributed by atoms with Crippen LogP contribution in [0.25, 0.3) is 0 Å². The van der Waals surface area contributed by atoms with E-state index >= 15 is 0 Å². The van der Waals surface area contributed by atoms with E-state index in [2.05, 4.69) is 0 Å². The highest BCUT2D eigenvalue weighted by Gasteiger charge is 2.31. The smallest absolute Gasteiger partial charge is 0.307 e. The number of hydrogen-bond acceptors (Lipinski definition) is 12. The summed E-state index contributed by atoms with van der Waals surface area (Å²) in [5.74, 6) is -6.10. The molecule has 0 radical (unpaired) electrons. The molecular formula is C44H52O16. The number of rotatable bonds is 22. The fraction of sp³-hybridized carbons (Fsp3) is 0.364. The van der Waals surface area contributed by atoms with E-state index < -0.39 is 47.5 Å². The lowest BCUT2D eigenvalue weighted by atomic mass is 9.80. The van der Waals surface area contributed by atoms with Crippen LogP contribution in [0.5, 0.6) is 46.0 Å². The van der Waals surface area contributed by atoms with Crippen molar-refractivity contribution in [3.8, 4) is 46.0 Å². The third-order valence-corrected chi connectivity index (χ3v) is 10.1. The first-order valence-corrected chi connectivity index (χ1v) is 18.8. The number of benzene rings is 4. The van der Waals surface area contributed by atoms with Crippen molar-refractivity contribution in [2.24, 2.45) is 23.7 Å². The van der Waals surface area contributed by atoms with E-state index in [-0.39, 0.29) is 85.9 Å². The van der Waals surface area contributed by atoms with Gasteiger partial charge >= 0.3 is 23.9 Å². The number of carbonyl (C=O) groups is 4. The molecule has 0 saturated carbocycles. The molecule has 8 N–H and O–H groups in total. The van der Waals surface area contributed by atoms with Gasteiger partial charge in [0, 0.05) is 12.8 Å². The average Bonchev–Trinajstić information content (AvgIpc) is 3.19. The van der Waals surface area contributed by atoms with Crippen molar-refractivity contribution in [3.05, 3.63) is 95.1 Å². The van der Waals surface area contributed by atoms with E-state index in [1.807, 2.05) is 0 Å². The number of aliphatic carboxylic acids is 4. The predicted octanol–water partition coefficient (Wildman–Crippen LogP) is 6.16. The molecule has 0 saturated heterocycles. The quantitative estimate of drug-likeness (QED) is 0.0440. The maximum Gasteiger partial charge on any atom is 0.307 e. The van der Waals surface area contributed by atoms with Crippen LogP contribution < -0.4 is 18.9 Å². The molecule has 4 rings (SSSR count). The van der Waals surface area contributed by atoms with Crippen molar-refractivity contribution in [1.29, 1.82) is 0 Å². The Labute approximate surface area is 346 Å². The Kier molecular flexibility index (Phi) is 18.2. The van der Waals surface area contributed by atoms with E-state index in [0.717, 1.165) is 0 Å². The summed E-state index contributed by atoms with van der Waals surface area (Å²) in [4.78, 5) is 46.3. The minimum Gasteiger partial charge on any atom is -0.504 e. The van der Waals surface area contributed by atoms with Gasteiger partial charge in [0.25, 0.3) is 0 Å². The molecule has 0 aliphatic carbocycles. The third-order valence-electron chi connectivity index (χ3n) is 10.1. The molecule has 0 bridgehead atoms. The molecule has 0 aliphatic heterocycles. The topological polar surface area (TPSA) is 267 Å². The van der Waals surface area contributed by atoms with Gasteiger partial charge in [-0.25, -0.2) is 0 Å². The first-order chi connectivity index (χ1) is 28.5. The number of carboxylic acids is 4. The van der Waals surface area contributed by atoms with Crippen LogP contribution in [-0.4, -0.2) is 93.2 Å². The molecule has 0 spiro atoms. The Morgan fingerprint density at radius 2 is 0.683 bits per heavy atom. The standard InChI is InChI=1S/2C22H26O8/c2*1-29-19-6-3-13(11-17(19)23)9-15(5-8-21(25)26)16(22(27)28)10-14-4-7-20(30-2)18(24)12-14/h2*3-4,6-7,11-12,15-16,23-24H,5,8-10H2,1-2H3,(H,25,26)(H,27,28)/t2*15-,16-/m10/s1. The van der Waals surface area contributed by atoms with Crippen LogP contribution in [0.4, 0.5) is 0 Å². The van der Waals surface area contributed by atoms with Crippen molar-refractivity contribution >= 4 is 23.9 Å². The summed E-state index contributed by atoms with van der Waals surface area (Å²) < 4.78 is 20.1. The van der Waals surface area contributed by atoms with Gasteiger partial charge in [-0.1, -0.05) is 24.3 Å². The molecule has 4 aromatic carbocycles.